The smallest absolute Gasteiger partial charge is 0.0320 e. The van der Waals surface area contributed by atoms with Crippen LogP contribution in [0.4, 0.5) is 0 Å². The molecule has 0 radical (unpaired) electrons. The van der Waals surface area contributed by atoms with Crippen LogP contribution in [0.2, 0.25) is 0 Å². The van der Waals surface area contributed by atoms with E-state index in [1.807, 2.05) is 0 Å². The quantitative estimate of drug-likeness (QED) is 0.441. The Morgan fingerprint density at radius 2 is 2.15 bits per heavy atom. The highest BCUT2D eigenvalue weighted by atomic mass is 14.2. The van der Waals surface area contributed by atoms with Gasteiger partial charge in [0.1, 0.15) is 0 Å². The second-order valence-electron chi connectivity index (χ2n) is 4.54. The van der Waals surface area contributed by atoms with Crippen LogP contribution < -0.4 is 0 Å². The summed E-state index contributed by atoms with van der Waals surface area (Å²) in [6.45, 7) is 10.2. The molecule has 0 heterocycles. The van der Waals surface area contributed by atoms with Gasteiger partial charge in [0.05, 0.1) is 0 Å². The second-order valence-corrected chi connectivity index (χ2v) is 4.54. The second kappa shape index (κ2) is 5.26. The molecule has 0 spiro atoms. The topological polar surface area (TPSA) is 0 Å². The molecule has 0 aromatic heterocycles. The van der Waals surface area contributed by atoms with E-state index in [1.54, 1.807) is 0 Å². The van der Waals surface area contributed by atoms with Crippen LogP contribution in [-0.4, -0.2) is 0 Å². The van der Waals surface area contributed by atoms with Crippen molar-refractivity contribution in [2.45, 2.75) is 51.9 Å². The van der Waals surface area contributed by atoms with Gasteiger partial charge in [-0.2, -0.15) is 0 Å². The van der Waals surface area contributed by atoms with Crippen LogP contribution in [-0.2, 0) is 0 Å². The zero-order valence-corrected chi connectivity index (χ0v) is 8.94. The van der Waals surface area contributed by atoms with Gasteiger partial charge in [-0.3, -0.25) is 0 Å². The third-order valence-electron chi connectivity index (χ3n) is 3.03. The van der Waals surface area contributed by atoms with E-state index in [2.05, 4.69) is 20.1 Å². The van der Waals surface area contributed by atoms with Crippen molar-refractivity contribution >= 4 is 0 Å². The monoisotopic (exact) mass is 178 g/mol. The summed E-state index contributed by atoms with van der Waals surface area (Å²) in [6, 6.07) is 0. The van der Waals surface area contributed by atoms with Gasteiger partial charge in [-0.25, -0.2) is 0 Å². The lowest BCUT2D eigenvalue weighted by Crippen LogP contribution is -1.98. The highest BCUT2D eigenvalue weighted by Crippen LogP contribution is 2.29. The van der Waals surface area contributed by atoms with Crippen LogP contribution in [0, 0.1) is 5.92 Å². The molecule has 1 unspecified atom stereocenters. The van der Waals surface area contributed by atoms with Crippen molar-refractivity contribution in [3.63, 3.8) is 0 Å². The van der Waals surface area contributed by atoms with Gasteiger partial charge in [-0.15, -0.1) is 6.58 Å². The summed E-state index contributed by atoms with van der Waals surface area (Å²) in [5, 5.41) is 0. The summed E-state index contributed by atoms with van der Waals surface area (Å²) in [5.74, 6) is 0.941. The normalized spacial score (nSPS) is 24.1. The number of hydrogen-bond donors (Lipinski definition) is 0. The van der Waals surface area contributed by atoms with Crippen LogP contribution in [0.1, 0.15) is 51.9 Å². The summed E-state index contributed by atoms with van der Waals surface area (Å²) >= 11 is 0. The average Bonchev–Trinajstić information content (AvgIpc) is 2.27. The van der Waals surface area contributed by atoms with E-state index in [9.17, 15) is 0 Å². The number of rotatable bonds is 3. The lowest BCUT2D eigenvalue weighted by atomic mass is 9.93. The molecule has 1 saturated carbocycles. The molecular formula is C13H22. The van der Waals surface area contributed by atoms with Crippen molar-refractivity contribution < 1.29 is 0 Å². The first-order valence-electron chi connectivity index (χ1n) is 5.49. The van der Waals surface area contributed by atoms with Gasteiger partial charge in [-0.05, 0) is 51.4 Å². The minimum atomic E-state index is 0.941. The fourth-order valence-electron chi connectivity index (χ4n) is 2.06. The van der Waals surface area contributed by atoms with E-state index in [-0.39, 0.29) is 0 Å². The molecule has 1 aliphatic rings. The fraction of sp³-hybridized carbons (Fsp3) is 0.692. The summed E-state index contributed by atoms with van der Waals surface area (Å²) in [6.07, 6.45) is 9.24. The van der Waals surface area contributed by atoms with Gasteiger partial charge < -0.3 is 0 Å². The van der Waals surface area contributed by atoms with E-state index in [0.29, 0.717) is 0 Å². The van der Waals surface area contributed by atoms with Crippen LogP contribution in [0.15, 0.2) is 24.3 Å². The molecule has 1 fully saturated rings. The van der Waals surface area contributed by atoms with Gasteiger partial charge in [-0.1, -0.05) is 24.1 Å². The maximum absolute atomic E-state index is 4.09. The molecule has 0 aliphatic heterocycles. The lowest BCUT2D eigenvalue weighted by Gasteiger charge is -2.12. The molecule has 0 amide bonds. The summed E-state index contributed by atoms with van der Waals surface area (Å²) < 4.78 is 0. The third-order valence-corrected chi connectivity index (χ3v) is 3.03. The van der Waals surface area contributed by atoms with Gasteiger partial charge in [0.2, 0.25) is 0 Å². The van der Waals surface area contributed by atoms with Crippen molar-refractivity contribution in [2.75, 3.05) is 0 Å². The molecule has 0 nitrogen and oxygen atoms in total. The van der Waals surface area contributed by atoms with Crippen LogP contribution in [0.5, 0.6) is 0 Å². The molecule has 1 aliphatic carbocycles. The van der Waals surface area contributed by atoms with E-state index in [4.69, 9.17) is 0 Å². The molecule has 0 N–H and O–H groups in total. The lowest BCUT2D eigenvalue weighted by molar-refractivity contribution is 0.430. The molecule has 0 aromatic carbocycles. The maximum atomic E-state index is 4.09. The largest absolute Gasteiger partial charge is 0.100 e. The Kier molecular flexibility index (Phi) is 4.27. The van der Waals surface area contributed by atoms with E-state index in [1.165, 1.54) is 56.1 Å². The molecule has 0 saturated heterocycles. The molecule has 0 aromatic rings. The molecule has 1 atom stereocenters. The Morgan fingerprint density at radius 3 is 2.85 bits per heavy atom. The van der Waals surface area contributed by atoms with Crippen molar-refractivity contribution in [2.24, 2.45) is 5.92 Å². The number of allylic oxidation sites excluding steroid dienone is 2. The predicted octanol–water partition coefficient (Wildman–Crippen LogP) is 4.48. The predicted molar refractivity (Wildman–Crippen MR) is 59.8 cm³/mol. The van der Waals surface area contributed by atoms with Crippen molar-refractivity contribution in [1.29, 1.82) is 0 Å². The SMILES string of the molecule is C=C(C)CCC1CCCC(=C)CC1. The molecule has 1 rings (SSSR count). The van der Waals surface area contributed by atoms with Crippen LogP contribution in [0.3, 0.4) is 0 Å². The standard InChI is InChI=1S/C13H22/c1-11(2)7-9-13-6-4-5-12(3)8-10-13/h13H,1,3-10H2,2H3. The van der Waals surface area contributed by atoms with Gasteiger partial charge in [0.15, 0.2) is 0 Å². The molecule has 0 bridgehead atoms. The molecule has 74 valence electrons. The zero-order chi connectivity index (χ0) is 9.68. The van der Waals surface area contributed by atoms with E-state index >= 15 is 0 Å². The van der Waals surface area contributed by atoms with Crippen molar-refractivity contribution in [3.05, 3.63) is 24.3 Å². The van der Waals surface area contributed by atoms with Crippen LogP contribution >= 0.6 is 0 Å². The Hall–Kier alpha value is -0.520. The first-order chi connectivity index (χ1) is 6.18. The van der Waals surface area contributed by atoms with Crippen molar-refractivity contribution in [1.82, 2.24) is 0 Å². The first-order valence-corrected chi connectivity index (χ1v) is 5.49. The average molecular weight is 178 g/mol. The van der Waals surface area contributed by atoms with Gasteiger partial charge >= 0.3 is 0 Å². The van der Waals surface area contributed by atoms with E-state index < -0.39 is 0 Å². The van der Waals surface area contributed by atoms with Gasteiger partial charge in [0.25, 0.3) is 0 Å². The third kappa shape index (κ3) is 4.31. The fourth-order valence-corrected chi connectivity index (χ4v) is 2.06. The highest BCUT2D eigenvalue weighted by Gasteiger charge is 2.13. The summed E-state index contributed by atoms with van der Waals surface area (Å²) in [5.41, 5.74) is 2.81. The minimum Gasteiger partial charge on any atom is -0.100 e. The Bertz CT molecular complexity index is 188. The van der Waals surface area contributed by atoms with E-state index in [0.717, 1.165) is 5.92 Å². The van der Waals surface area contributed by atoms with Crippen LogP contribution in [0.25, 0.3) is 0 Å². The number of hydrogen-bond acceptors (Lipinski definition) is 0. The minimum absolute atomic E-state index is 0.941. The summed E-state index contributed by atoms with van der Waals surface area (Å²) in [4.78, 5) is 0. The van der Waals surface area contributed by atoms with Gasteiger partial charge in [0, 0.05) is 0 Å². The first kappa shape index (κ1) is 10.6. The maximum Gasteiger partial charge on any atom is -0.0320 e. The molecule has 13 heavy (non-hydrogen) atoms. The Morgan fingerprint density at radius 1 is 1.38 bits per heavy atom. The van der Waals surface area contributed by atoms with Crippen molar-refractivity contribution in [3.8, 4) is 0 Å². The molecule has 0 heteroatoms. The zero-order valence-electron chi connectivity index (χ0n) is 8.94. The highest BCUT2D eigenvalue weighted by molar-refractivity contribution is 4.97. The molecular weight excluding hydrogens is 156 g/mol. The Balaban J connectivity index is 2.25. The Labute approximate surface area is 82.7 Å². The summed E-state index contributed by atoms with van der Waals surface area (Å²) in [7, 11) is 0.